The Kier molecular flexibility index (Phi) is 4.51. The molecule has 5 nitrogen and oxygen atoms in total. The van der Waals surface area contributed by atoms with Crippen molar-refractivity contribution in [2.75, 3.05) is 25.9 Å². The minimum Gasteiger partial charge on any atom is -0.392 e. The van der Waals surface area contributed by atoms with E-state index in [1.165, 1.54) is 4.31 Å². The van der Waals surface area contributed by atoms with Crippen LogP contribution in [0.5, 0.6) is 0 Å². The van der Waals surface area contributed by atoms with Crippen LogP contribution in [0.15, 0.2) is 0 Å². The van der Waals surface area contributed by atoms with Crippen molar-refractivity contribution >= 4 is 10.0 Å². The fourth-order valence-corrected chi connectivity index (χ4v) is 3.01. The van der Waals surface area contributed by atoms with E-state index in [1.807, 2.05) is 6.92 Å². The Morgan fingerprint density at radius 1 is 1.53 bits per heavy atom. The molecule has 2 atom stereocenters. The number of aliphatic hydroxyl groups is 1. The Morgan fingerprint density at radius 2 is 2.20 bits per heavy atom. The molecule has 90 valence electrons. The number of likely N-dealkylation sites (N-methyl/N-ethyl adjacent to an activating group) is 1. The molecular formula is C9H20N2O3S. The first-order chi connectivity index (χ1) is 6.95. The van der Waals surface area contributed by atoms with Gasteiger partial charge in [-0.2, -0.15) is 0 Å². The summed E-state index contributed by atoms with van der Waals surface area (Å²) in [6.45, 7) is 2.86. The number of aliphatic hydroxyl groups excluding tert-OH is 1. The lowest BCUT2D eigenvalue weighted by Crippen LogP contribution is -2.39. The predicted molar refractivity (Wildman–Crippen MR) is 59.1 cm³/mol. The molecule has 0 saturated carbocycles. The van der Waals surface area contributed by atoms with E-state index in [9.17, 15) is 13.5 Å². The summed E-state index contributed by atoms with van der Waals surface area (Å²) in [6, 6.07) is 0.0802. The monoisotopic (exact) mass is 236 g/mol. The lowest BCUT2D eigenvalue weighted by Gasteiger charge is -2.20. The zero-order chi connectivity index (χ0) is 11.5. The number of sulfonamides is 1. The van der Waals surface area contributed by atoms with Gasteiger partial charge in [-0.1, -0.05) is 6.92 Å². The van der Waals surface area contributed by atoms with E-state index >= 15 is 0 Å². The minimum absolute atomic E-state index is 0.0802. The van der Waals surface area contributed by atoms with Crippen molar-refractivity contribution in [2.24, 2.45) is 0 Å². The standard InChI is InChI=1S/C9H20N2O3S/c1-3-4-15(13,14)11(2)7-8-5-9(12)6-10-8/h8-10,12H,3-7H2,1-2H3/t8-,9+/m0/s1. The second kappa shape index (κ2) is 5.25. The van der Waals surface area contributed by atoms with Crippen LogP contribution in [0.4, 0.5) is 0 Å². The molecule has 1 aliphatic rings. The summed E-state index contributed by atoms with van der Waals surface area (Å²) in [4.78, 5) is 0. The zero-order valence-electron chi connectivity index (χ0n) is 9.31. The number of nitrogens with zero attached hydrogens (tertiary/aromatic N) is 1. The van der Waals surface area contributed by atoms with Gasteiger partial charge in [0.15, 0.2) is 0 Å². The van der Waals surface area contributed by atoms with Crippen LogP contribution in [0.2, 0.25) is 0 Å². The van der Waals surface area contributed by atoms with E-state index in [0.29, 0.717) is 25.9 Å². The van der Waals surface area contributed by atoms with Gasteiger partial charge in [-0.3, -0.25) is 0 Å². The third-order valence-corrected chi connectivity index (χ3v) is 4.64. The first-order valence-electron chi connectivity index (χ1n) is 5.31. The Hall–Kier alpha value is -0.170. The molecule has 2 N–H and O–H groups in total. The molecule has 1 saturated heterocycles. The smallest absolute Gasteiger partial charge is 0.213 e. The van der Waals surface area contributed by atoms with Crippen molar-refractivity contribution in [2.45, 2.75) is 31.9 Å². The second-order valence-electron chi connectivity index (χ2n) is 4.09. The number of rotatable bonds is 5. The maximum atomic E-state index is 11.6. The van der Waals surface area contributed by atoms with E-state index in [1.54, 1.807) is 7.05 Å². The van der Waals surface area contributed by atoms with E-state index < -0.39 is 10.0 Å². The molecule has 0 spiro atoms. The second-order valence-corrected chi connectivity index (χ2v) is 6.29. The van der Waals surface area contributed by atoms with Crippen molar-refractivity contribution in [3.05, 3.63) is 0 Å². The quantitative estimate of drug-likeness (QED) is 0.667. The van der Waals surface area contributed by atoms with Crippen molar-refractivity contribution in [3.63, 3.8) is 0 Å². The van der Waals surface area contributed by atoms with Crippen LogP contribution in [0, 0.1) is 0 Å². The van der Waals surface area contributed by atoms with Crippen molar-refractivity contribution in [3.8, 4) is 0 Å². The summed E-state index contributed by atoms with van der Waals surface area (Å²) in [5.41, 5.74) is 0. The Balaban J connectivity index is 2.45. The first-order valence-corrected chi connectivity index (χ1v) is 6.92. The minimum atomic E-state index is -3.10. The van der Waals surface area contributed by atoms with Gasteiger partial charge in [0, 0.05) is 26.2 Å². The highest BCUT2D eigenvalue weighted by molar-refractivity contribution is 7.89. The maximum absolute atomic E-state index is 11.6. The molecule has 1 rings (SSSR count). The van der Waals surface area contributed by atoms with E-state index in [2.05, 4.69) is 5.32 Å². The first kappa shape index (κ1) is 12.9. The highest BCUT2D eigenvalue weighted by Gasteiger charge is 2.26. The fraction of sp³-hybridized carbons (Fsp3) is 1.00. The summed E-state index contributed by atoms with van der Waals surface area (Å²) in [7, 11) is -1.51. The van der Waals surface area contributed by atoms with Gasteiger partial charge >= 0.3 is 0 Å². The van der Waals surface area contributed by atoms with Crippen LogP contribution in [-0.2, 0) is 10.0 Å². The molecule has 0 unspecified atom stereocenters. The maximum Gasteiger partial charge on any atom is 0.213 e. The lowest BCUT2D eigenvalue weighted by atomic mass is 10.2. The largest absolute Gasteiger partial charge is 0.392 e. The molecule has 0 radical (unpaired) electrons. The van der Waals surface area contributed by atoms with Gasteiger partial charge < -0.3 is 10.4 Å². The molecule has 15 heavy (non-hydrogen) atoms. The Labute approximate surface area is 91.5 Å². The molecule has 1 fully saturated rings. The van der Waals surface area contributed by atoms with Gasteiger partial charge in [0.25, 0.3) is 0 Å². The molecule has 0 bridgehead atoms. The number of hydrogen-bond acceptors (Lipinski definition) is 4. The molecule has 0 aliphatic carbocycles. The Morgan fingerprint density at radius 3 is 2.67 bits per heavy atom. The van der Waals surface area contributed by atoms with Crippen molar-refractivity contribution < 1.29 is 13.5 Å². The molecule has 0 amide bonds. The average molecular weight is 236 g/mol. The van der Waals surface area contributed by atoms with Gasteiger partial charge in [0.1, 0.15) is 0 Å². The molecule has 0 aromatic carbocycles. The summed E-state index contributed by atoms with van der Waals surface area (Å²) in [6.07, 6.45) is 0.927. The van der Waals surface area contributed by atoms with Crippen molar-refractivity contribution in [1.29, 1.82) is 0 Å². The van der Waals surface area contributed by atoms with Gasteiger partial charge in [0.05, 0.1) is 11.9 Å². The van der Waals surface area contributed by atoms with Crippen LogP contribution in [-0.4, -0.2) is 55.9 Å². The number of nitrogens with one attached hydrogen (secondary N) is 1. The van der Waals surface area contributed by atoms with Crippen LogP contribution in [0.3, 0.4) is 0 Å². The molecule has 0 aromatic rings. The van der Waals surface area contributed by atoms with E-state index in [0.717, 1.165) is 0 Å². The molecule has 0 aromatic heterocycles. The van der Waals surface area contributed by atoms with Crippen LogP contribution in [0.25, 0.3) is 0 Å². The van der Waals surface area contributed by atoms with Crippen LogP contribution >= 0.6 is 0 Å². The van der Waals surface area contributed by atoms with Gasteiger partial charge in [0.2, 0.25) is 10.0 Å². The topological polar surface area (TPSA) is 69.6 Å². The van der Waals surface area contributed by atoms with Gasteiger partial charge in [-0.15, -0.1) is 0 Å². The summed E-state index contributed by atoms with van der Waals surface area (Å²) < 4.78 is 24.7. The van der Waals surface area contributed by atoms with Gasteiger partial charge in [-0.05, 0) is 12.8 Å². The van der Waals surface area contributed by atoms with Gasteiger partial charge in [-0.25, -0.2) is 12.7 Å². The van der Waals surface area contributed by atoms with Crippen LogP contribution < -0.4 is 5.32 Å². The highest BCUT2D eigenvalue weighted by atomic mass is 32.2. The normalized spacial score (nSPS) is 27.5. The number of hydrogen-bond donors (Lipinski definition) is 2. The highest BCUT2D eigenvalue weighted by Crippen LogP contribution is 2.10. The van der Waals surface area contributed by atoms with E-state index in [4.69, 9.17) is 0 Å². The fourth-order valence-electron chi connectivity index (χ4n) is 1.77. The SMILES string of the molecule is CCCS(=O)(=O)N(C)C[C@@H]1C[C@@H](O)CN1. The number of β-amino-alcohol motifs (C(OH)–C–C–N with tert-alkyl or cyclic N) is 1. The molecule has 1 aliphatic heterocycles. The third kappa shape index (κ3) is 3.71. The Bertz CT molecular complexity index is 292. The zero-order valence-corrected chi connectivity index (χ0v) is 10.1. The summed E-state index contributed by atoms with van der Waals surface area (Å²) in [5.74, 6) is 0.193. The third-order valence-electron chi connectivity index (χ3n) is 2.61. The van der Waals surface area contributed by atoms with E-state index in [-0.39, 0.29) is 17.9 Å². The molecule has 1 heterocycles. The summed E-state index contributed by atoms with van der Waals surface area (Å²) in [5, 5.41) is 12.4. The average Bonchev–Trinajstić information content (AvgIpc) is 2.51. The predicted octanol–water partition coefficient (Wildman–Crippen LogP) is -0.619. The molecular weight excluding hydrogens is 216 g/mol. The molecule has 6 heteroatoms. The lowest BCUT2D eigenvalue weighted by molar-refractivity contribution is 0.192. The van der Waals surface area contributed by atoms with Crippen molar-refractivity contribution in [1.82, 2.24) is 9.62 Å². The van der Waals surface area contributed by atoms with Crippen LogP contribution in [0.1, 0.15) is 19.8 Å². The summed E-state index contributed by atoms with van der Waals surface area (Å²) >= 11 is 0.